The van der Waals surface area contributed by atoms with E-state index in [9.17, 15) is 4.79 Å². The molecule has 0 N–H and O–H groups in total. The van der Waals surface area contributed by atoms with Gasteiger partial charge in [0.2, 0.25) is 0 Å². The minimum atomic E-state index is -3.20. The molecule has 0 bridgehead atoms. The number of amides is 1. The molecule has 1 amide bonds. The van der Waals surface area contributed by atoms with Crippen molar-refractivity contribution in [3.8, 4) is 5.75 Å². The van der Waals surface area contributed by atoms with Gasteiger partial charge in [0, 0.05) is 34.0 Å². The number of carbonyl (C=O) groups is 1. The Bertz CT molecular complexity index is 1390. The van der Waals surface area contributed by atoms with Crippen LogP contribution in [0.2, 0.25) is 0 Å². The molecule has 0 aliphatic heterocycles. The molecular formula is C28H26F2N2O2S. The molecule has 4 nitrogen and oxygen atoms in total. The standard InChI is InChI=1S/C28H26F2N2O2S/c1-18-12-13-23(19(2)14-18)28(29,30)17-32(3)27(33)26-22-10-5-6-11-24(22)31-16-25(26)35-21-9-7-8-20(15-21)34-4/h5-16H,17H2,1-4H3. The molecule has 0 aliphatic rings. The average Bonchev–Trinajstić information content (AvgIpc) is 2.83. The molecule has 0 atom stereocenters. The number of aromatic nitrogens is 1. The maximum Gasteiger partial charge on any atom is 0.290 e. The van der Waals surface area contributed by atoms with E-state index in [2.05, 4.69) is 4.98 Å². The third-order valence-corrected chi connectivity index (χ3v) is 6.80. The molecule has 180 valence electrons. The van der Waals surface area contributed by atoms with Crippen LogP contribution in [0.1, 0.15) is 27.0 Å². The molecule has 0 saturated heterocycles. The summed E-state index contributed by atoms with van der Waals surface area (Å²) >= 11 is 1.35. The molecule has 7 heteroatoms. The Morgan fingerprint density at radius 1 is 1.06 bits per heavy atom. The van der Waals surface area contributed by atoms with Crippen molar-refractivity contribution >= 4 is 28.6 Å². The smallest absolute Gasteiger partial charge is 0.290 e. The molecule has 1 heterocycles. The second kappa shape index (κ2) is 10.0. The Morgan fingerprint density at radius 2 is 1.83 bits per heavy atom. The van der Waals surface area contributed by atoms with Crippen molar-refractivity contribution in [1.29, 1.82) is 0 Å². The van der Waals surface area contributed by atoms with Crippen molar-refractivity contribution in [1.82, 2.24) is 9.88 Å². The number of likely N-dealkylation sites (N-methyl/N-ethyl adjacent to an activating group) is 1. The van der Waals surface area contributed by atoms with Crippen LogP contribution in [-0.4, -0.2) is 36.5 Å². The summed E-state index contributed by atoms with van der Waals surface area (Å²) in [7, 11) is 3.00. The SMILES string of the molecule is COc1cccc(Sc2cnc3ccccc3c2C(=O)N(C)CC(F)(F)c2ccc(C)cc2C)c1. The first-order chi connectivity index (χ1) is 16.7. The third kappa shape index (κ3) is 5.30. The summed E-state index contributed by atoms with van der Waals surface area (Å²) in [6.45, 7) is 2.79. The van der Waals surface area contributed by atoms with Gasteiger partial charge in [-0.25, -0.2) is 0 Å². The predicted molar refractivity (Wildman–Crippen MR) is 136 cm³/mol. The van der Waals surface area contributed by atoms with E-state index in [1.165, 1.54) is 24.9 Å². The van der Waals surface area contributed by atoms with Gasteiger partial charge in [0.25, 0.3) is 11.8 Å². The van der Waals surface area contributed by atoms with E-state index in [-0.39, 0.29) is 5.56 Å². The van der Waals surface area contributed by atoms with Crippen molar-refractivity contribution < 1.29 is 18.3 Å². The fraction of sp³-hybridized carbons (Fsp3) is 0.214. The van der Waals surface area contributed by atoms with Crippen LogP contribution in [0.4, 0.5) is 8.78 Å². The number of methoxy groups -OCH3 is 1. The van der Waals surface area contributed by atoms with E-state index in [4.69, 9.17) is 4.74 Å². The van der Waals surface area contributed by atoms with E-state index in [1.54, 1.807) is 44.5 Å². The summed E-state index contributed by atoms with van der Waals surface area (Å²) in [5.74, 6) is -3.01. The second-order valence-corrected chi connectivity index (χ2v) is 9.60. The molecule has 0 unspecified atom stereocenters. The zero-order valence-electron chi connectivity index (χ0n) is 20.0. The molecule has 0 spiro atoms. The first-order valence-electron chi connectivity index (χ1n) is 11.1. The number of nitrogens with zero attached hydrogens (tertiary/aromatic N) is 2. The maximum atomic E-state index is 15.3. The van der Waals surface area contributed by atoms with Gasteiger partial charge in [-0.3, -0.25) is 9.78 Å². The number of rotatable bonds is 7. The topological polar surface area (TPSA) is 42.4 Å². The minimum absolute atomic E-state index is 0.0756. The number of benzene rings is 3. The van der Waals surface area contributed by atoms with Gasteiger partial charge in [-0.1, -0.05) is 59.8 Å². The van der Waals surface area contributed by atoms with Crippen LogP contribution >= 0.6 is 11.8 Å². The molecule has 0 radical (unpaired) electrons. The Hall–Kier alpha value is -3.45. The highest BCUT2D eigenvalue weighted by Crippen LogP contribution is 2.37. The molecule has 4 rings (SSSR count). The van der Waals surface area contributed by atoms with E-state index in [0.717, 1.165) is 15.4 Å². The van der Waals surface area contributed by atoms with Crippen LogP contribution < -0.4 is 4.74 Å². The van der Waals surface area contributed by atoms with Crippen LogP contribution in [-0.2, 0) is 5.92 Å². The summed E-state index contributed by atoms with van der Waals surface area (Å²) < 4.78 is 35.9. The van der Waals surface area contributed by atoms with Crippen molar-refractivity contribution in [2.75, 3.05) is 20.7 Å². The molecule has 4 aromatic rings. The lowest BCUT2D eigenvalue weighted by Crippen LogP contribution is -2.37. The average molecular weight is 493 g/mol. The van der Waals surface area contributed by atoms with Crippen LogP contribution in [0.5, 0.6) is 5.75 Å². The maximum absolute atomic E-state index is 15.3. The summed E-state index contributed by atoms with van der Waals surface area (Å²) in [6, 6.07) is 19.5. The normalized spacial score (nSPS) is 11.5. The quantitative estimate of drug-likeness (QED) is 0.282. The van der Waals surface area contributed by atoms with Crippen LogP contribution in [0.3, 0.4) is 0 Å². The lowest BCUT2D eigenvalue weighted by atomic mass is 9.99. The van der Waals surface area contributed by atoms with Gasteiger partial charge in [-0.15, -0.1) is 0 Å². The fourth-order valence-corrected chi connectivity index (χ4v) is 5.06. The summed E-state index contributed by atoms with van der Waals surface area (Å²) in [6.07, 6.45) is 1.62. The summed E-state index contributed by atoms with van der Waals surface area (Å²) in [4.78, 5) is 20.7. The predicted octanol–water partition coefficient (Wildman–Crippen LogP) is 6.88. The van der Waals surface area contributed by atoms with Gasteiger partial charge in [-0.05, 0) is 43.7 Å². The number of carbonyl (C=O) groups excluding carboxylic acids is 1. The van der Waals surface area contributed by atoms with Crippen LogP contribution in [0.25, 0.3) is 10.9 Å². The second-order valence-electron chi connectivity index (χ2n) is 8.48. The first kappa shape index (κ1) is 24.7. The highest BCUT2D eigenvalue weighted by molar-refractivity contribution is 7.99. The van der Waals surface area contributed by atoms with Crippen molar-refractivity contribution in [2.45, 2.75) is 29.6 Å². The largest absolute Gasteiger partial charge is 0.497 e. The Balaban J connectivity index is 1.71. The lowest BCUT2D eigenvalue weighted by molar-refractivity contribution is -0.0285. The molecular weight excluding hydrogens is 466 g/mol. The molecule has 0 fully saturated rings. The zero-order chi connectivity index (χ0) is 25.2. The number of pyridine rings is 1. The number of alkyl halides is 2. The van der Waals surface area contributed by atoms with Crippen molar-refractivity contribution in [3.63, 3.8) is 0 Å². The van der Waals surface area contributed by atoms with Gasteiger partial charge in [0.1, 0.15) is 5.75 Å². The van der Waals surface area contributed by atoms with Crippen LogP contribution in [0.15, 0.2) is 82.7 Å². The van der Waals surface area contributed by atoms with E-state index >= 15 is 8.78 Å². The van der Waals surface area contributed by atoms with E-state index < -0.39 is 18.4 Å². The van der Waals surface area contributed by atoms with E-state index in [1.807, 2.05) is 43.3 Å². The number of hydrogen-bond donors (Lipinski definition) is 0. The lowest BCUT2D eigenvalue weighted by Gasteiger charge is -2.26. The third-order valence-electron chi connectivity index (χ3n) is 5.78. The van der Waals surface area contributed by atoms with Crippen molar-refractivity contribution in [2.24, 2.45) is 0 Å². The fourth-order valence-electron chi connectivity index (χ4n) is 4.08. The van der Waals surface area contributed by atoms with Gasteiger partial charge in [-0.2, -0.15) is 8.78 Å². The van der Waals surface area contributed by atoms with E-state index in [0.29, 0.717) is 32.7 Å². The Labute approximate surface area is 207 Å². The molecule has 0 aliphatic carbocycles. The summed E-state index contributed by atoms with van der Waals surface area (Å²) in [5, 5.41) is 0.618. The minimum Gasteiger partial charge on any atom is -0.497 e. The number of hydrogen-bond acceptors (Lipinski definition) is 4. The first-order valence-corrected chi connectivity index (χ1v) is 11.9. The van der Waals surface area contributed by atoms with Gasteiger partial charge < -0.3 is 9.64 Å². The number of fused-ring (bicyclic) bond motifs is 1. The van der Waals surface area contributed by atoms with Crippen LogP contribution in [0, 0.1) is 13.8 Å². The highest BCUT2D eigenvalue weighted by Gasteiger charge is 2.36. The molecule has 0 saturated carbocycles. The number of aryl methyl sites for hydroxylation is 2. The Kier molecular flexibility index (Phi) is 7.08. The summed E-state index contributed by atoms with van der Waals surface area (Å²) in [5.41, 5.74) is 2.31. The molecule has 1 aromatic heterocycles. The zero-order valence-corrected chi connectivity index (χ0v) is 20.8. The number of halogens is 2. The number of para-hydroxylation sites is 1. The van der Waals surface area contributed by atoms with Crippen molar-refractivity contribution in [3.05, 3.63) is 95.2 Å². The number of ether oxygens (including phenoxy) is 1. The molecule has 35 heavy (non-hydrogen) atoms. The molecule has 3 aromatic carbocycles. The van der Waals surface area contributed by atoms with Gasteiger partial charge >= 0.3 is 0 Å². The monoisotopic (exact) mass is 492 g/mol. The van der Waals surface area contributed by atoms with Gasteiger partial charge in [0.15, 0.2) is 0 Å². The Morgan fingerprint density at radius 3 is 2.57 bits per heavy atom. The highest BCUT2D eigenvalue weighted by atomic mass is 32.2. The van der Waals surface area contributed by atoms with Gasteiger partial charge in [0.05, 0.1) is 24.7 Å².